The zero-order valence-corrected chi connectivity index (χ0v) is 13.5. The third-order valence-electron chi connectivity index (χ3n) is 4.17. The van der Waals surface area contributed by atoms with Crippen molar-refractivity contribution >= 4 is 5.91 Å². The van der Waals surface area contributed by atoms with E-state index < -0.39 is 0 Å². The fourth-order valence-corrected chi connectivity index (χ4v) is 2.94. The van der Waals surface area contributed by atoms with E-state index in [9.17, 15) is 4.79 Å². The van der Waals surface area contributed by atoms with Gasteiger partial charge in [0.15, 0.2) is 0 Å². The van der Waals surface area contributed by atoms with Gasteiger partial charge in [0.1, 0.15) is 5.82 Å². The van der Waals surface area contributed by atoms with Crippen molar-refractivity contribution in [2.75, 3.05) is 19.8 Å². The number of amides is 1. The fourth-order valence-electron chi connectivity index (χ4n) is 2.94. The van der Waals surface area contributed by atoms with Crippen LogP contribution in [0.4, 0.5) is 0 Å². The van der Waals surface area contributed by atoms with Gasteiger partial charge in [-0.3, -0.25) is 4.79 Å². The third kappa shape index (κ3) is 3.10. The summed E-state index contributed by atoms with van der Waals surface area (Å²) in [5.74, 6) is 0.899. The molecular weight excluding hydrogens is 294 g/mol. The Labute approximate surface area is 135 Å². The fraction of sp³-hybridized carbons (Fsp3) is 0.500. The molecule has 1 atom stereocenters. The standard InChI is InChI=1S/C16H21N5O2/c1-3-23-9-5-14-11-17-15-12(2)20(7-8-21(14)15)16(22)13-4-6-18-19-10-13/h4,6,10-12H,3,5,7-9H2,1-2H3/t12-/m0/s1. The second-order valence-electron chi connectivity index (χ2n) is 5.51. The lowest BCUT2D eigenvalue weighted by Crippen LogP contribution is -2.41. The van der Waals surface area contributed by atoms with Crippen molar-refractivity contribution in [3.05, 3.63) is 41.7 Å². The van der Waals surface area contributed by atoms with Gasteiger partial charge in [0.2, 0.25) is 0 Å². The first kappa shape index (κ1) is 15.6. The molecule has 0 saturated carbocycles. The molecule has 7 nitrogen and oxygen atoms in total. The Balaban J connectivity index is 1.76. The summed E-state index contributed by atoms with van der Waals surface area (Å²) in [5, 5.41) is 7.50. The summed E-state index contributed by atoms with van der Waals surface area (Å²) in [5.41, 5.74) is 1.72. The first-order chi connectivity index (χ1) is 11.2. The van der Waals surface area contributed by atoms with Gasteiger partial charge in [0.25, 0.3) is 5.91 Å². The Morgan fingerprint density at radius 1 is 1.35 bits per heavy atom. The maximum atomic E-state index is 12.6. The molecule has 122 valence electrons. The monoisotopic (exact) mass is 315 g/mol. The first-order valence-corrected chi connectivity index (χ1v) is 7.92. The number of hydrogen-bond acceptors (Lipinski definition) is 5. The summed E-state index contributed by atoms with van der Waals surface area (Å²) < 4.78 is 7.63. The molecular formula is C16H21N5O2. The predicted molar refractivity (Wildman–Crippen MR) is 83.9 cm³/mol. The molecule has 2 aromatic heterocycles. The van der Waals surface area contributed by atoms with E-state index in [0.29, 0.717) is 18.7 Å². The number of imidazole rings is 1. The lowest BCUT2D eigenvalue weighted by molar-refractivity contribution is 0.0634. The summed E-state index contributed by atoms with van der Waals surface area (Å²) in [4.78, 5) is 19.0. The summed E-state index contributed by atoms with van der Waals surface area (Å²) in [6.07, 6.45) is 5.78. The predicted octanol–water partition coefficient (Wildman–Crippen LogP) is 1.47. The largest absolute Gasteiger partial charge is 0.381 e. The van der Waals surface area contributed by atoms with Crippen molar-refractivity contribution in [1.29, 1.82) is 0 Å². The van der Waals surface area contributed by atoms with Crippen LogP contribution < -0.4 is 0 Å². The van der Waals surface area contributed by atoms with Crippen LogP contribution in [0.15, 0.2) is 24.7 Å². The molecule has 0 unspecified atom stereocenters. The van der Waals surface area contributed by atoms with Gasteiger partial charge in [-0.15, -0.1) is 0 Å². The molecule has 3 rings (SSSR count). The van der Waals surface area contributed by atoms with Crippen LogP contribution in [0, 0.1) is 0 Å². The maximum Gasteiger partial charge on any atom is 0.256 e. The number of carbonyl (C=O) groups is 1. The van der Waals surface area contributed by atoms with Crippen LogP contribution in [0.25, 0.3) is 0 Å². The second kappa shape index (κ2) is 6.87. The van der Waals surface area contributed by atoms with Gasteiger partial charge >= 0.3 is 0 Å². The van der Waals surface area contributed by atoms with Crippen molar-refractivity contribution in [2.45, 2.75) is 32.9 Å². The SMILES string of the molecule is CCOCCc1cnc2n1CCN(C(=O)c1ccnnc1)[C@H]2C. The summed E-state index contributed by atoms with van der Waals surface area (Å²) in [7, 11) is 0. The lowest BCUT2D eigenvalue weighted by atomic mass is 10.1. The number of nitrogens with zero attached hydrogens (tertiary/aromatic N) is 5. The van der Waals surface area contributed by atoms with Crippen LogP contribution in [0.1, 0.15) is 41.8 Å². The van der Waals surface area contributed by atoms with Crippen molar-refractivity contribution in [3.63, 3.8) is 0 Å². The Morgan fingerprint density at radius 3 is 2.96 bits per heavy atom. The minimum absolute atomic E-state index is 0.0301. The molecule has 1 aliphatic heterocycles. The highest BCUT2D eigenvalue weighted by Crippen LogP contribution is 2.26. The molecule has 0 saturated heterocycles. The molecule has 0 bridgehead atoms. The van der Waals surface area contributed by atoms with Gasteiger partial charge in [-0.05, 0) is 19.9 Å². The zero-order chi connectivity index (χ0) is 16.2. The van der Waals surface area contributed by atoms with E-state index in [2.05, 4.69) is 19.7 Å². The van der Waals surface area contributed by atoms with Crippen molar-refractivity contribution < 1.29 is 9.53 Å². The Morgan fingerprint density at radius 2 is 2.22 bits per heavy atom. The lowest BCUT2D eigenvalue weighted by Gasteiger charge is -2.34. The highest BCUT2D eigenvalue weighted by molar-refractivity contribution is 5.94. The highest BCUT2D eigenvalue weighted by atomic mass is 16.5. The van der Waals surface area contributed by atoms with E-state index in [1.807, 2.05) is 24.9 Å². The maximum absolute atomic E-state index is 12.6. The van der Waals surface area contributed by atoms with Crippen LogP contribution in [0.2, 0.25) is 0 Å². The van der Waals surface area contributed by atoms with Crippen LogP contribution in [-0.4, -0.2) is 50.3 Å². The average Bonchev–Trinajstić information content (AvgIpc) is 3.00. The number of hydrogen-bond donors (Lipinski definition) is 0. The number of aromatic nitrogens is 4. The molecule has 0 aromatic carbocycles. The van der Waals surface area contributed by atoms with E-state index in [1.54, 1.807) is 6.07 Å². The summed E-state index contributed by atoms with van der Waals surface area (Å²) in [6.45, 7) is 6.84. The van der Waals surface area contributed by atoms with Crippen molar-refractivity contribution in [3.8, 4) is 0 Å². The minimum atomic E-state index is -0.0646. The minimum Gasteiger partial charge on any atom is -0.381 e. The Hall–Kier alpha value is -2.28. The van der Waals surface area contributed by atoms with E-state index in [1.165, 1.54) is 12.4 Å². The molecule has 0 radical (unpaired) electrons. The molecule has 0 fully saturated rings. The summed E-state index contributed by atoms with van der Waals surface area (Å²) >= 11 is 0. The zero-order valence-electron chi connectivity index (χ0n) is 13.5. The molecule has 1 aliphatic rings. The first-order valence-electron chi connectivity index (χ1n) is 7.92. The molecule has 0 spiro atoms. The number of carbonyl (C=O) groups excluding carboxylic acids is 1. The number of fused-ring (bicyclic) bond motifs is 1. The quantitative estimate of drug-likeness (QED) is 0.781. The molecule has 7 heteroatoms. The van der Waals surface area contributed by atoms with E-state index in [0.717, 1.165) is 31.1 Å². The normalized spacial score (nSPS) is 17.1. The van der Waals surface area contributed by atoms with Gasteiger partial charge in [0, 0.05) is 38.0 Å². The molecule has 0 aliphatic carbocycles. The summed E-state index contributed by atoms with van der Waals surface area (Å²) in [6, 6.07) is 1.63. The topological polar surface area (TPSA) is 73.1 Å². The van der Waals surface area contributed by atoms with Crippen LogP contribution >= 0.6 is 0 Å². The molecule has 0 N–H and O–H groups in total. The van der Waals surface area contributed by atoms with E-state index >= 15 is 0 Å². The van der Waals surface area contributed by atoms with Gasteiger partial charge in [-0.1, -0.05) is 0 Å². The Bertz CT molecular complexity index is 670. The van der Waals surface area contributed by atoms with E-state index in [4.69, 9.17) is 4.74 Å². The Kier molecular flexibility index (Phi) is 4.66. The second-order valence-corrected chi connectivity index (χ2v) is 5.51. The van der Waals surface area contributed by atoms with Crippen LogP contribution in [0.5, 0.6) is 0 Å². The van der Waals surface area contributed by atoms with Gasteiger partial charge in [-0.2, -0.15) is 10.2 Å². The smallest absolute Gasteiger partial charge is 0.256 e. The highest BCUT2D eigenvalue weighted by Gasteiger charge is 2.30. The molecule has 23 heavy (non-hydrogen) atoms. The number of ether oxygens (including phenoxy) is 1. The molecule has 2 aromatic rings. The van der Waals surface area contributed by atoms with Crippen LogP contribution in [-0.2, 0) is 17.7 Å². The van der Waals surface area contributed by atoms with Crippen LogP contribution in [0.3, 0.4) is 0 Å². The van der Waals surface area contributed by atoms with Crippen molar-refractivity contribution in [1.82, 2.24) is 24.6 Å². The van der Waals surface area contributed by atoms with Gasteiger partial charge < -0.3 is 14.2 Å². The molecule has 3 heterocycles. The van der Waals surface area contributed by atoms with Crippen molar-refractivity contribution in [2.24, 2.45) is 0 Å². The third-order valence-corrected chi connectivity index (χ3v) is 4.17. The van der Waals surface area contributed by atoms with Gasteiger partial charge in [0.05, 0.1) is 30.6 Å². The van der Waals surface area contributed by atoms with E-state index in [-0.39, 0.29) is 11.9 Å². The number of rotatable bonds is 5. The van der Waals surface area contributed by atoms with Gasteiger partial charge in [-0.25, -0.2) is 4.98 Å². The molecule has 1 amide bonds. The average molecular weight is 315 g/mol.